The first-order valence-electron chi connectivity index (χ1n) is 8.48. The molecule has 2 N–H and O–H groups in total. The minimum Gasteiger partial charge on any atom is -0.497 e. The first kappa shape index (κ1) is 18.6. The number of nitrogens with zero attached hydrogens (tertiary/aromatic N) is 2. The molecule has 0 bridgehead atoms. The van der Waals surface area contributed by atoms with Gasteiger partial charge in [-0.25, -0.2) is 13.8 Å². The summed E-state index contributed by atoms with van der Waals surface area (Å²) in [7, 11) is 1.64. The smallest absolute Gasteiger partial charge is 0.224 e. The zero-order valence-corrected chi connectivity index (χ0v) is 15.1. The molecular formula is C20H20F2N4O. The van der Waals surface area contributed by atoms with Crippen LogP contribution in [0.1, 0.15) is 11.3 Å². The van der Waals surface area contributed by atoms with Crippen LogP contribution < -0.4 is 15.4 Å². The zero-order chi connectivity index (χ0) is 19.2. The number of hydrogen-bond donors (Lipinski definition) is 2. The Kier molecular flexibility index (Phi) is 5.80. The highest BCUT2D eigenvalue weighted by molar-refractivity contribution is 5.58. The molecule has 140 valence electrons. The molecule has 0 radical (unpaired) electrons. The molecule has 0 spiro atoms. The lowest BCUT2D eigenvalue weighted by atomic mass is 10.1. The summed E-state index contributed by atoms with van der Waals surface area (Å²) in [5, 5.41) is 6.02. The van der Waals surface area contributed by atoms with Gasteiger partial charge in [-0.1, -0.05) is 12.1 Å². The van der Waals surface area contributed by atoms with Crippen LogP contribution in [0, 0.1) is 18.6 Å². The Hall–Kier alpha value is -3.22. The van der Waals surface area contributed by atoms with Crippen LogP contribution in [0.2, 0.25) is 0 Å². The Morgan fingerprint density at radius 3 is 2.67 bits per heavy atom. The van der Waals surface area contributed by atoms with E-state index in [0.717, 1.165) is 29.5 Å². The Morgan fingerprint density at radius 2 is 1.89 bits per heavy atom. The molecule has 2 aromatic carbocycles. The number of methoxy groups -OCH3 is 1. The van der Waals surface area contributed by atoms with E-state index in [9.17, 15) is 8.78 Å². The maximum atomic E-state index is 13.8. The maximum Gasteiger partial charge on any atom is 0.224 e. The lowest BCUT2D eigenvalue weighted by Gasteiger charge is -2.11. The van der Waals surface area contributed by atoms with E-state index in [4.69, 9.17) is 4.74 Å². The topological polar surface area (TPSA) is 59.1 Å². The van der Waals surface area contributed by atoms with Gasteiger partial charge in [-0.3, -0.25) is 0 Å². The molecule has 5 nitrogen and oxygen atoms in total. The van der Waals surface area contributed by atoms with Gasteiger partial charge < -0.3 is 15.4 Å². The SMILES string of the molecule is COc1cccc(CCNc2nc(C)cc(Nc3ccc(F)cc3F)n2)c1. The van der Waals surface area contributed by atoms with Crippen molar-refractivity contribution in [3.05, 3.63) is 71.4 Å². The number of aryl methyl sites for hydroxylation is 1. The molecule has 0 aliphatic heterocycles. The van der Waals surface area contributed by atoms with Crippen LogP contribution in [0.25, 0.3) is 0 Å². The predicted octanol–water partition coefficient (Wildman–Crippen LogP) is 4.47. The summed E-state index contributed by atoms with van der Waals surface area (Å²) in [6.45, 7) is 2.45. The molecule has 0 aliphatic carbocycles. The second-order valence-electron chi connectivity index (χ2n) is 6.00. The molecule has 0 atom stereocenters. The van der Waals surface area contributed by atoms with Crippen LogP contribution in [0.5, 0.6) is 5.75 Å². The van der Waals surface area contributed by atoms with Gasteiger partial charge in [-0.15, -0.1) is 0 Å². The summed E-state index contributed by atoms with van der Waals surface area (Å²) in [5.41, 5.74) is 2.00. The van der Waals surface area contributed by atoms with Crippen molar-refractivity contribution in [3.63, 3.8) is 0 Å². The number of rotatable bonds is 7. The van der Waals surface area contributed by atoms with E-state index in [0.29, 0.717) is 18.3 Å². The van der Waals surface area contributed by atoms with Gasteiger partial charge in [0.05, 0.1) is 12.8 Å². The van der Waals surface area contributed by atoms with Crippen molar-refractivity contribution in [1.29, 1.82) is 0 Å². The van der Waals surface area contributed by atoms with E-state index in [2.05, 4.69) is 20.6 Å². The number of ether oxygens (including phenoxy) is 1. The molecule has 7 heteroatoms. The number of nitrogens with one attached hydrogen (secondary N) is 2. The molecule has 1 aromatic heterocycles. The third kappa shape index (κ3) is 5.13. The van der Waals surface area contributed by atoms with Crippen molar-refractivity contribution in [3.8, 4) is 5.75 Å². The molecular weight excluding hydrogens is 350 g/mol. The summed E-state index contributed by atoms with van der Waals surface area (Å²) in [6, 6.07) is 12.9. The first-order valence-corrected chi connectivity index (χ1v) is 8.48. The van der Waals surface area contributed by atoms with Gasteiger partial charge in [0.2, 0.25) is 5.95 Å². The van der Waals surface area contributed by atoms with Gasteiger partial charge in [-0.2, -0.15) is 4.98 Å². The third-order valence-electron chi connectivity index (χ3n) is 3.88. The quantitative estimate of drug-likeness (QED) is 0.643. The van der Waals surface area contributed by atoms with Crippen molar-refractivity contribution in [2.75, 3.05) is 24.3 Å². The van der Waals surface area contributed by atoms with E-state index in [1.807, 2.05) is 31.2 Å². The lowest BCUT2D eigenvalue weighted by Crippen LogP contribution is -2.10. The average Bonchev–Trinajstić information content (AvgIpc) is 2.64. The zero-order valence-electron chi connectivity index (χ0n) is 15.1. The minimum absolute atomic E-state index is 0.150. The summed E-state index contributed by atoms with van der Waals surface area (Å²) >= 11 is 0. The first-order chi connectivity index (χ1) is 13.0. The summed E-state index contributed by atoms with van der Waals surface area (Å²) in [4.78, 5) is 8.68. The molecule has 1 heterocycles. The van der Waals surface area contributed by atoms with Crippen LogP contribution in [0.3, 0.4) is 0 Å². The predicted molar refractivity (Wildman–Crippen MR) is 102 cm³/mol. The second kappa shape index (κ2) is 8.44. The largest absolute Gasteiger partial charge is 0.497 e. The standard InChI is InChI=1S/C20H20F2N4O/c1-13-10-19(25-18-7-6-15(21)12-17(18)22)26-20(24-13)23-9-8-14-4-3-5-16(11-14)27-2/h3-7,10-12H,8-9H2,1-2H3,(H2,23,24,25,26). The second-order valence-corrected chi connectivity index (χ2v) is 6.00. The number of benzene rings is 2. The van der Waals surface area contributed by atoms with Crippen LogP contribution in [0.4, 0.5) is 26.2 Å². The Balaban J connectivity index is 1.66. The van der Waals surface area contributed by atoms with Crippen LogP contribution in [-0.4, -0.2) is 23.6 Å². The highest BCUT2D eigenvalue weighted by Crippen LogP contribution is 2.21. The summed E-state index contributed by atoms with van der Waals surface area (Å²) in [5.74, 6) is 0.363. The highest BCUT2D eigenvalue weighted by Gasteiger charge is 2.07. The number of aromatic nitrogens is 2. The maximum absolute atomic E-state index is 13.8. The summed E-state index contributed by atoms with van der Waals surface area (Å²) < 4.78 is 32.1. The van der Waals surface area contributed by atoms with Gasteiger partial charge in [-0.05, 0) is 43.2 Å². The van der Waals surface area contributed by atoms with Crippen molar-refractivity contribution in [2.24, 2.45) is 0 Å². The molecule has 27 heavy (non-hydrogen) atoms. The monoisotopic (exact) mass is 370 g/mol. The molecule has 0 saturated heterocycles. The van der Waals surface area contributed by atoms with Gasteiger partial charge in [0.1, 0.15) is 23.2 Å². The third-order valence-corrected chi connectivity index (χ3v) is 3.88. The van der Waals surface area contributed by atoms with Crippen molar-refractivity contribution in [2.45, 2.75) is 13.3 Å². The van der Waals surface area contributed by atoms with Crippen molar-refractivity contribution < 1.29 is 13.5 Å². The summed E-state index contributed by atoms with van der Waals surface area (Å²) in [6.07, 6.45) is 0.768. The van der Waals surface area contributed by atoms with E-state index in [1.165, 1.54) is 12.1 Å². The van der Waals surface area contributed by atoms with Gasteiger partial charge in [0.15, 0.2) is 0 Å². The van der Waals surface area contributed by atoms with Gasteiger partial charge in [0.25, 0.3) is 0 Å². The fourth-order valence-corrected chi connectivity index (χ4v) is 2.59. The number of halogens is 2. The van der Waals surface area contributed by atoms with Crippen LogP contribution in [0.15, 0.2) is 48.5 Å². The Bertz CT molecular complexity index is 934. The fourth-order valence-electron chi connectivity index (χ4n) is 2.59. The van der Waals surface area contributed by atoms with Crippen molar-refractivity contribution in [1.82, 2.24) is 9.97 Å². The molecule has 3 rings (SSSR count). The minimum atomic E-state index is -0.682. The number of anilines is 3. The van der Waals surface area contributed by atoms with E-state index in [-0.39, 0.29) is 5.69 Å². The van der Waals surface area contributed by atoms with Crippen LogP contribution in [-0.2, 0) is 6.42 Å². The molecule has 0 fully saturated rings. The highest BCUT2D eigenvalue weighted by atomic mass is 19.1. The molecule has 0 aliphatic rings. The number of hydrogen-bond acceptors (Lipinski definition) is 5. The normalized spacial score (nSPS) is 10.5. The average molecular weight is 370 g/mol. The van der Waals surface area contributed by atoms with E-state index in [1.54, 1.807) is 13.2 Å². The fraction of sp³-hybridized carbons (Fsp3) is 0.200. The Labute approximate surface area is 156 Å². The molecule has 0 unspecified atom stereocenters. The van der Waals surface area contributed by atoms with Gasteiger partial charge in [0, 0.05) is 24.4 Å². The van der Waals surface area contributed by atoms with Crippen molar-refractivity contribution >= 4 is 17.5 Å². The lowest BCUT2D eigenvalue weighted by molar-refractivity contribution is 0.414. The molecule has 0 amide bonds. The molecule has 3 aromatic rings. The van der Waals surface area contributed by atoms with E-state index < -0.39 is 11.6 Å². The van der Waals surface area contributed by atoms with Gasteiger partial charge >= 0.3 is 0 Å². The molecule has 0 saturated carbocycles. The van der Waals surface area contributed by atoms with E-state index >= 15 is 0 Å². The van der Waals surface area contributed by atoms with Crippen LogP contribution >= 0.6 is 0 Å². The Morgan fingerprint density at radius 1 is 1.04 bits per heavy atom.